The second kappa shape index (κ2) is 8.08. The first-order valence-corrected chi connectivity index (χ1v) is 5.77. The molecule has 0 bridgehead atoms. The third kappa shape index (κ3) is 5.69. The lowest BCUT2D eigenvalue weighted by Gasteiger charge is -2.23. The molecule has 1 amide bonds. The average Bonchev–Trinajstić information content (AvgIpc) is 2.33. The van der Waals surface area contributed by atoms with E-state index in [2.05, 4.69) is 10.6 Å². The van der Waals surface area contributed by atoms with E-state index < -0.39 is 0 Å². The molecule has 0 spiro atoms. The number of piperidine rings is 1. The number of carbonyl (C=O) groups excluding carboxylic acids is 1. The van der Waals surface area contributed by atoms with E-state index in [0.29, 0.717) is 12.6 Å². The fourth-order valence-corrected chi connectivity index (χ4v) is 1.75. The van der Waals surface area contributed by atoms with Crippen LogP contribution in [0, 0.1) is 11.3 Å². The molecule has 1 rings (SSSR count). The lowest BCUT2D eigenvalue weighted by atomic mass is 10.0. The van der Waals surface area contributed by atoms with Crippen LogP contribution in [0.4, 0.5) is 0 Å². The lowest BCUT2D eigenvalue weighted by Crippen LogP contribution is -2.35. The molecular weight excluding hydrogens is 206 g/mol. The molecule has 0 radical (unpaired) electrons. The van der Waals surface area contributed by atoms with Crippen LogP contribution < -0.4 is 10.6 Å². The fourth-order valence-electron chi connectivity index (χ4n) is 1.75. The van der Waals surface area contributed by atoms with Crippen molar-refractivity contribution >= 4 is 5.91 Å². The second-order valence-corrected chi connectivity index (χ2v) is 3.92. The minimum Gasteiger partial charge on any atom is -0.372 e. The molecule has 0 aromatic heterocycles. The quantitative estimate of drug-likeness (QED) is 0.499. The number of nitrogens with zero attached hydrogens (tertiary/aromatic N) is 1. The zero-order valence-corrected chi connectivity index (χ0v) is 9.50. The predicted molar refractivity (Wildman–Crippen MR) is 59.7 cm³/mol. The van der Waals surface area contributed by atoms with Crippen LogP contribution in [0.2, 0.25) is 0 Å². The van der Waals surface area contributed by atoms with E-state index in [0.717, 1.165) is 13.0 Å². The Morgan fingerprint density at radius 1 is 1.56 bits per heavy atom. The number of rotatable bonds is 6. The minimum absolute atomic E-state index is 0.0480. The van der Waals surface area contributed by atoms with Crippen molar-refractivity contribution in [2.75, 3.05) is 26.3 Å². The van der Waals surface area contributed by atoms with Gasteiger partial charge in [0.1, 0.15) is 13.2 Å². The second-order valence-electron chi connectivity index (χ2n) is 3.92. The maximum Gasteiger partial charge on any atom is 0.246 e. The molecule has 1 saturated heterocycles. The van der Waals surface area contributed by atoms with Gasteiger partial charge >= 0.3 is 0 Å². The molecule has 1 unspecified atom stereocenters. The van der Waals surface area contributed by atoms with E-state index in [1.54, 1.807) is 0 Å². The zero-order valence-electron chi connectivity index (χ0n) is 9.50. The summed E-state index contributed by atoms with van der Waals surface area (Å²) in [5, 5.41) is 14.1. The summed E-state index contributed by atoms with van der Waals surface area (Å²) in [4.78, 5) is 11.1. The summed E-state index contributed by atoms with van der Waals surface area (Å²) in [6, 6.07) is 2.38. The molecule has 5 heteroatoms. The Balaban J connectivity index is 1.94. The molecule has 1 atom stereocenters. The van der Waals surface area contributed by atoms with Crippen molar-refractivity contribution in [3.63, 3.8) is 0 Å². The van der Waals surface area contributed by atoms with E-state index in [9.17, 15) is 4.79 Å². The van der Waals surface area contributed by atoms with Gasteiger partial charge in [0.15, 0.2) is 0 Å². The fraction of sp³-hybridized carbons (Fsp3) is 0.818. The van der Waals surface area contributed by atoms with Gasteiger partial charge in [-0.15, -0.1) is 0 Å². The molecule has 0 aromatic rings. The first kappa shape index (κ1) is 12.9. The Hall–Kier alpha value is -1.12. The summed E-state index contributed by atoms with van der Waals surface area (Å²) >= 11 is 0. The molecule has 0 saturated carbocycles. The van der Waals surface area contributed by atoms with E-state index in [4.69, 9.17) is 10.00 Å². The molecule has 5 nitrogen and oxygen atoms in total. The van der Waals surface area contributed by atoms with Gasteiger partial charge in [0, 0.05) is 12.6 Å². The van der Waals surface area contributed by atoms with Gasteiger partial charge in [0.05, 0.1) is 6.07 Å². The lowest BCUT2D eigenvalue weighted by molar-refractivity contribution is -0.125. The minimum atomic E-state index is -0.224. The summed E-state index contributed by atoms with van der Waals surface area (Å²) in [5.41, 5.74) is 0. The number of carbonyl (C=O) groups is 1. The van der Waals surface area contributed by atoms with Crippen LogP contribution in [0.15, 0.2) is 0 Å². The van der Waals surface area contributed by atoms with Crippen molar-refractivity contribution in [2.45, 2.75) is 31.7 Å². The van der Waals surface area contributed by atoms with Gasteiger partial charge in [-0.3, -0.25) is 4.79 Å². The Labute approximate surface area is 96.2 Å². The third-order valence-electron chi connectivity index (χ3n) is 2.62. The molecule has 90 valence electrons. The number of nitriles is 1. The summed E-state index contributed by atoms with van der Waals surface area (Å²) in [6.07, 6.45) is 4.68. The van der Waals surface area contributed by atoms with Gasteiger partial charge in [0.25, 0.3) is 0 Å². The Morgan fingerprint density at radius 2 is 2.44 bits per heavy atom. The van der Waals surface area contributed by atoms with Crippen LogP contribution in [0.5, 0.6) is 0 Å². The van der Waals surface area contributed by atoms with Crippen LogP contribution in [0.25, 0.3) is 0 Å². The smallest absolute Gasteiger partial charge is 0.246 e. The van der Waals surface area contributed by atoms with Gasteiger partial charge in [-0.25, -0.2) is 0 Å². The zero-order chi connectivity index (χ0) is 11.6. The summed E-state index contributed by atoms with van der Waals surface area (Å²) < 4.78 is 5.23. The largest absolute Gasteiger partial charge is 0.372 e. The molecule has 2 N–H and O–H groups in total. The number of amides is 1. The number of nitrogens with one attached hydrogen (secondary N) is 2. The molecule has 0 aromatic carbocycles. The first-order valence-electron chi connectivity index (χ1n) is 5.77. The highest BCUT2D eigenvalue weighted by molar-refractivity contribution is 5.77. The maximum atomic E-state index is 11.1. The van der Waals surface area contributed by atoms with Crippen LogP contribution in [0.1, 0.15) is 25.7 Å². The molecule has 1 heterocycles. The average molecular weight is 225 g/mol. The molecule has 1 aliphatic rings. The summed E-state index contributed by atoms with van der Waals surface area (Å²) in [6.45, 7) is 1.78. The molecule has 16 heavy (non-hydrogen) atoms. The topological polar surface area (TPSA) is 74.2 Å². The van der Waals surface area contributed by atoms with Crippen molar-refractivity contribution in [1.29, 1.82) is 5.26 Å². The number of hydrogen-bond acceptors (Lipinski definition) is 4. The maximum absolute atomic E-state index is 11.1. The summed E-state index contributed by atoms with van der Waals surface area (Å²) in [7, 11) is 0. The summed E-state index contributed by atoms with van der Waals surface area (Å²) in [5.74, 6) is -0.224. The molecular formula is C11H19N3O2. The van der Waals surface area contributed by atoms with E-state index in [-0.39, 0.29) is 19.1 Å². The van der Waals surface area contributed by atoms with E-state index in [1.165, 1.54) is 19.3 Å². The van der Waals surface area contributed by atoms with Crippen molar-refractivity contribution in [2.24, 2.45) is 0 Å². The van der Waals surface area contributed by atoms with Crippen molar-refractivity contribution in [1.82, 2.24) is 10.6 Å². The Morgan fingerprint density at radius 3 is 3.12 bits per heavy atom. The van der Waals surface area contributed by atoms with Crippen molar-refractivity contribution in [3.05, 3.63) is 0 Å². The van der Waals surface area contributed by atoms with Gasteiger partial charge in [-0.1, -0.05) is 6.42 Å². The van der Waals surface area contributed by atoms with Crippen LogP contribution in [-0.2, 0) is 9.53 Å². The normalized spacial score (nSPS) is 20.1. The van der Waals surface area contributed by atoms with Crippen LogP contribution >= 0.6 is 0 Å². The first-order chi connectivity index (χ1) is 7.83. The van der Waals surface area contributed by atoms with E-state index in [1.807, 2.05) is 6.07 Å². The predicted octanol–water partition coefficient (Wildman–Crippen LogP) is 0.175. The van der Waals surface area contributed by atoms with Crippen molar-refractivity contribution in [3.8, 4) is 6.07 Å². The Kier molecular flexibility index (Phi) is 6.54. The number of ether oxygens (including phenoxy) is 1. The highest BCUT2D eigenvalue weighted by Gasteiger charge is 2.11. The molecule has 1 fully saturated rings. The monoisotopic (exact) mass is 225 g/mol. The van der Waals surface area contributed by atoms with Gasteiger partial charge < -0.3 is 15.4 Å². The van der Waals surface area contributed by atoms with Gasteiger partial charge in [-0.05, 0) is 25.8 Å². The third-order valence-corrected chi connectivity index (χ3v) is 2.62. The van der Waals surface area contributed by atoms with Gasteiger partial charge in [-0.2, -0.15) is 5.26 Å². The highest BCUT2D eigenvalue weighted by atomic mass is 16.5. The van der Waals surface area contributed by atoms with Crippen LogP contribution in [0.3, 0.4) is 0 Å². The number of hydrogen-bond donors (Lipinski definition) is 2. The van der Waals surface area contributed by atoms with E-state index >= 15 is 0 Å². The Bertz CT molecular complexity index is 244. The van der Waals surface area contributed by atoms with Crippen LogP contribution in [-0.4, -0.2) is 38.3 Å². The van der Waals surface area contributed by atoms with Crippen molar-refractivity contribution < 1.29 is 9.53 Å². The molecule has 1 aliphatic heterocycles. The van der Waals surface area contributed by atoms with Gasteiger partial charge in [0.2, 0.25) is 5.91 Å². The molecule has 0 aliphatic carbocycles. The standard InChI is InChI=1S/C11H19N3O2/c12-5-7-14-11(15)9-16-8-4-10-3-1-2-6-13-10/h10,13H,1-4,6-9H2,(H,14,15). The highest BCUT2D eigenvalue weighted by Crippen LogP contribution is 2.09. The SMILES string of the molecule is N#CCNC(=O)COCCC1CCCCN1.